The molecule has 2 aromatic heterocycles. The molecule has 0 radical (unpaired) electrons. The van der Waals surface area contributed by atoms with Crippen molar-refractivity contribution >= 4 is 29.2 Å². The molecule has 4 N–H and O–H groups in total. The van der Waals surface area contributed by atoms with Crippen LogP contribution >= 0.6 is 0 Å². The third-order valence-electron chi connectivity index (χ3n) is 4.66. The molecule has 0 saturated heterocycles. The monoisotopic (exact) mass is 377 g/mol. The summed E-state index contributed by atoms with van der Waals surface area (Å²) in [5.74, 6) is 2.60. The molecule has 1 aliphatic rings. The number of aromatic nitrogens is 4. The lowest BCUT2D eigenvalue weighted by Crippen LogP contribution is -2.17. The Morgan fingerprint density at radius 1 is 1.14 bits per heavy atom. The van der Waals surface area contributed by atoms with Crippen molar-refractivity contribution in [3.05, 3.63) is 53.9 Å². The minimum atomic E-state index is 0.0427. The number of aromatic amines is 1. The number of carbonyl (C=O) groups excluding carboxylic acids is 1. The van der Waals surface area contributed by atoms with E-state index in [4.69, 9.17) is 0 Å². The van der Waals surface area contributed by atoms with Gasteiger partial charge in [-0.25, -0.2) is 4.98 Å². The van der Waals surface area contributed by atoms with Gasteiger partial charge in [0.05, 0.1) is 0 Å². The van der Waals surface area contributed by atoms with Gasteiger partial charge in [-0.2, -0.15) is 10.1 Å². The first-order valence-electron chi connectivity index (χ1n) is 9.41. The van der Waals surface area contributed by atoms with Crippen molar-refractivity contribution in [2.24, 2.45) is 0 Å². The molecule has 28 heavy (non-hydrogen) atoms. The Kier molecular flexibility index (Phi) is 5.18. The van der Waals surface area contributed by atoms with E-state index >= 15 is 0 Å². The van der Waals surface area contributed by atoms with Crippen molar-refractivity contribution in [2.45, 2.75) is 31.6 Å². The Hall–Kier alpha value is -3.42. The van der Waals surface area contributed by atoms with E-state index < -0.39 is 0 Å². The molecule has 2 heterocycles. The van der Waals surface area contributed by atoms with Crippen LogP contribution in [0.2, 0.25) is 0 Å². The van der Waals surface area contributed by atoms with Gasteiger partial charge in [0, 0.05) is 43.0 Å². The van der Waals surface area contributed by atoms with Crippen LogP contribution in [0.1, 0.15) is 36.4 Å². The van der Waals surface area contributed by atoms with Gasteiger partial charge < -0.3 is 16.0 Å². The van der Waals surface area contributed by atoms with Crippen LogP contribution in [0, 0.1) is 0 Å². The highest BCUT2D eigenvalue weighted by molar-refractivity contribution is 5.75. The van der Waals surface area contributed by atoms with Gasteiger partial charge in [0.25, 0.3) is 0 Å². The smallest absolute Gasteiger partial charge is 0.229 e. The zero-order chi connectivity index (χ0) is 19.3. The van der Waals surface area contributed by atoms with Gasteiger partial charge in [-0.15, -0.1) is 0 Å². The number of amides is 1. The molecule has 1 fully saturated rings. The summed E-state index contributed by atoms with van der Waals surface area (Å²) in [6.45, 7) is 0. The fraction of sp³-hybridized carbons (Fsp3) is 0.300. The first-order chi connectivity index (χ1) is 13.7. The van der Waals surface area contributed by atoms with Gasteiger partial charge in [-0.05, 0) is 43.0 Å². The van der Waals surface area contributed by atoms with E-state index in [0.717, 1.165) is 17.1 Å². The standard InChI is InChI=1S/C20H23N7O/c1-21-19(28)9-4-13-2-7-15(8-3-13)23-20-22-11-10-17(25-20)24-18-12-16(26-27-18)14-5-6-14/h2-3,7-8,10-12,14H,4-6,9H2,1H3,(H,21,28)(H3,22,23,24,25,26,27). The maximum atomic E-state index is 11.3. The molecule has 1 saturated carbocycles. The molecule has 1 aromatic carbocycles. The van der Waals surface area contributed by atoms with Crippen molar-refractivity contribution < 1.29 is 4.79 Å². The van der Waals surface area contributed by atoms with Crippen LogP contribution in [-0.4, -0.2) is 33.1 Å². The Bertz CT molecular complexity index is 947. The number of benzene rings is 1. The maximum absolute atomic E-state index is 11.3. The van der Waals surface area contributed by atoms with E-state index in [0.29, 0.717) is 30.5 Å². The highest BCUT2D eigenvalue weighted by atomic mass is 16.1. The molecule has 8 heteroatoms. The zero-order valence-corrected chi connectivity index (χ0v) is 15.7. The number of nitrogens with one attached hydrogen (secondary N) is 4. The number of hydrogen-bond donors (Lipinski definition) is 4. The molecule has 0 unspecified atom stereocenters. The molecule has 3 aromatic rings. The molecule has 144 valence electrons. The largest absolute Gasteiger partial charge is 0.359 e. The summed E-state index contributed by atoms with van der Waals surface area (Å²) in [4.78, 5) is 20.1. The lowest BCUT2D eigenvalue weighted by molar-refractivity contribution is -0.120. The van der Waals surface area contributed by atoms with E-state index in [1.807, 2.05) is 30.3 Å². The van der Waals surface area contributed by atoms with E-state index in [1.54, 1.807) is 19.3 Å². The van der Waals surface area contributed by atoms with Crippen LogP contribution in [0.25, 0.3) is 0 Å². The van der Waals surface area contributed by atoms with Gasteiger partial charge in [-0.3, -0.25) is 9.89 Å². The maximum Gasteiger partial charge on any atom is 0.229 e. The molecule has 0 spiro atoms. The van der Waals surface area contributed by atoms with Crippen molar-refractivity contribution in [3.8, 4) is 0 Å². The quantitative estimate of drug-likeness (QED) is 0.480. The highest BCUT2D eigenvalue weighted by Gasteiger charge is 2.25. The normalized spacial score (nSPS) is 13.2. The number of rotatable bonds is 8. The van der Waals surface area contributed by atoms with E-state index in [-0.39, 0.29) is 5.91 Å². The van der Waals surface area contributed by atoms with Crippen LogP contribution < -0.4 is 16.0 Å². The molecule has 8 nitrogen and oxygen atoms in total. The average molecular weight is 377 g/mol. The van der Waals surface area contributed by atoms with Crippen molar-refractivity contribution in [1.29, 1.82) is 0 Å². The summed E-state index contributed by atoms with van der Waals surface area (Å²) >= 11 is 0. The topological polar surface area (TPSA) is 108 Å². The molecule has 4 rings (SSSR count). The van der Waals surface area contributed by atoms with E-state index in [1.165, 1.54) is 18.5 Å². The van der Waals surface area contributed by atoms with Gasteiger partial charge >= 0.3 is 0 Å². The summed E-state index contributed by atoms with van der Waals surface area (Å²) in [5.41, 5.74) is 3.17. The van der Waals surface area contributed by atoms with Crippen LogP contribution in [0.5, 0.6) is 0 Å². The Labute approximate surface area is 163 Å². The van der Waals surface area contributed by atoms with Gasteiger partial charge in [0.15, 0.2) is 5.82 Å². The second kappa shape index (κ2) is 8.08. The second-order valence-electron chi connectivity index (χ2n) is 6.87. The molecule has 1 amide bonds. The number of H-pyrrole nitrogens is 1. The van der Waals surface area contributed by atoms with Crippen molar-refractivity contribution in [3.63, 3.8) is 0 Å². The molecule has 0 bridgehead atoms. The molecule has 1 aliphatic carbocycles. The number of carbonyl (C=O) groups is 1. The predicted molar refractivity (Wildman–Crippen MR) is 108 cm³/mol. The van der Waals surface area contributed by atoms with Crippen LogP contribution in [0.15, 0.2) is 42.6 Å². The molecule has 0 atom stereocenters. The van der Waals surface area contributed by atoms with Crippen LogP contribution in [0.3, 0.4) is 0 Å². The molecular weight excluding hydrogens is 354 g/mol. The number of nitrogens with zero attached hydrogens (tertiary/aromatic N) is 3. The Morgan fingerprint density at radius 3 is 2.71 bits per heavy atom. The minimum absolute atomic E-state index is 0.0427. The summed E-state index contributed by atoms with van der Waals surface area (Å²) in [5, 5.41) is 16.4. The summed E-state index contributed by atoms with van der Waals surface area (Å²) in [7, 11) is 1.65. The Morgan fingerprint density at radius 2 is 1.96 bits per heavy atom. The van der Waals surface area contributed by atoms with Gasteiger partial charge in [0.2, 0.25) is 11.9 Å². The van der Waals surface area contributed by atoms with Crippen molar-refractivity contribution in [1.82, 2.24) is 25.5 Å². The summed E-state index contributed by atoms with van der Waals surface area (Å²) in [6.07, 6.45) is 5.35. The fourth-order valence-corrected chi connectivity index (χ4v) is 2.89. The summed E-state index contributed by atoms with van der Waals surface area (Å²) in [6, 6.07) is 11.7. The SMILES string of the molecule is CNC(=O)CCc1ccc(Nc2nccc(Nc3cc(C4CC4)[nH]n3)n2)cc1. The van der Waals surface area contributed by atoms with E-state index in [2.05, 4.69) is 36.1 Å². The fourth-order valence-electron chi connectivity index (χ4n) is 2.89. The van der Waals surface area contributed by atoms with Crippen LogP contribution in [-0.2, 0) is 11.2 Å². The predicted octanol–water partition coefficient (Wildman–Crippen LogP) is 3.24. The minimum Gasteiger partial charge on any atom is -0.359 e. The van der Waals surface area contributed by atoms with E-state index in [9.17, 15) is 4.79 Å². The molecule has 0 aliphatic heterocycles. The lowest BCUT2D eigenvalue weighted by Gasteiger charge is -2.08. The number of anilines is 4. The van der Waals surface area contributed by atoms with Gasteiger partial charge in [-0.1, -0.05) is 12.1 Å². The third kappa shape index (κ3) is 4.64. The van der Waals surface area contributed by atoms with Gasteiger partial charge in [0.1, 0.15) is 5.82 Å². The lowest BCUT2D eigenvalue weighted by atomic mass is 10.1. The molecular formula is C20H23N7O. The average Bonchev–Trinajstić information content (AvgIpc) is 3.47. The van der Waals surface area contributed by atoms with Crippen molar-refractivity contribution in [2.75, 3.05) is 17.7 Å². The van der Waals surface area contributed by atoms with Crippen LogP contribution in [0.4, 0.5) is 23.3 Å². The zero-order valence-electron chi connectivity index (χ0n) is 15.7. The summed E-state index contributed by atoms with van der Waals surface area (Å²) < 4.78 is 0. The number of aryl methyl sites for hydroxylation is 1. The number of hydrogen-bond acceptors (Lipinski definition) is 6. The third-order valence-corrected chi connectivity index (χ3v) is 4.66. The first kappa shape index (κ1) is 18.0. The Balaban J connectivity index is 1.36. The first-order valence-corrected chi connectivity index (χ1v) is 9.41. The highest BCUT2D eigenvalue weighted by Crippen LogP contribution is 2.39. The second-order valence-corrected chi connectivity index (χ2v) is 6.87.